The van der Waals surface area contributed by atoms with E-state index in [0.717, 1.165) is 5.17 Å². The summed E-state index contributed by atoms with van der Waals surface area (Å²) in [5, 5.41) is 17.1. The zero-order valence-electron chi connectivity index (χ0n) is 13.2. The molecule has 1 saturated heterocycles. The number of primary sulfonamides is 1. The van der Waals surface area contributed by atoms with Gasteiger partial charge in [0.25, 0.3) is 0 Å². The molecule has 23 heavy (non-hydrogen) atoms. The van der Waals surface area contributed by atoms with Gasteiger partial charge in [-0.3, -0.25) is 4.99 Å². The first-order valence-corrected chi connectivity index (χ1v) is 10.0. The summed E-state index contributed by atoms with van der Waals surface area (Å²) >= 11 is 7.39. The molecule has 1 aromatic carbocycles. The molecule has 0 bridgehead atoms. The minimum Gasteiger partial charge on any atom is -0.366 e. The summed E-state index contributed by atoms with van der Waals surface area (Å²) in [6.45, 7) is 6.83. The number of hydrogen-bond donors (Lipinski definition) is 2. The van der Waals surface area contributed by atoms with Gasteiger partial charge in [0.15, 0.2) is 10.9 Å². The van der Waals surface area contributed by atoms with E-state index in [9.17, 15) is 13.5 Å². The molecule has 0 spiro atoms. The van der Waals surface area contributed by atoms with Crippen LogP contribution in [0.5, 0.6) is 0 Å². The average Bonchev–Trinajstić information content (AvgIpc) is 2.70. The lowest BCUT2D eigenvalue weighted by atomic mass is 9.98. The van der Waals surface area contributed by atoms with Gasteiger partial charge in [0.1, 0.15) is 4.90 Å². The van der Waals surface area contributed by atoms with E-state index in [1.54, 1.807) is 11.0 Å². The van der Waals surface area contributed by atoms with Crippen molar-refractivity contribution >= 4 is 38.6 Å². The lowest BCUT2D eigenvalue weighted by Gasteiger charge is -2.36. The highest BCUT2D eigenvalue weighted by Gasteiger charge is 2.50. The summed E-state index contributed by atoms with van der Waals surface area (Å²) in [7, 11) is -3.98. The Kier molecular flexibility index (Phi) is 5.32. The molecule has 0 amide bonds. The van der Waals surface area contributed by atoms with Crippen molar-refractivity contribution in [1.29, 1.82) is 0 Å². The second kappa shape index (κ2) is 6.60. The average molecular weight is 378 g/mol. The van der Waals surface area contributed by atoms with E-state index in [1.807, 2.05) is 20.8 Å². The van der Waals surface area contributed by atoms with Gasteiger partial charge in [-0.05, 0) is 32.9 Å². The summed E-state index contributed by atoms with van der Waals surface area (Å²) < 4.78 is 23.4. The van der Waals surface area contributed by atoms with Crippen LogP contribution in [0, 0.1) is 0 Å². The fourth-order valence-electron chi connectivity index (χ4n) is 2.64. The van der Waals surface area contributed by atoms with Gasteiger partial charge in [-0.15, -0.1) is 0 Å². The molecule has 1 aromatic rings. The number of hydrogen-bond acceptors (Lipinski definition) is 5. The normalized spacial score (nSPS) is 27.0. The molecule has 2 rings (SSSR count). The van der Waals surface area contributed by atoms with Crippen molar-refractivity contribution < 1.29 is 13.5 Å². The van der Waals surface area contributed by atoms with Crippen molar-refractivity contribution in [3.63, 3.8) is 0 Å². The van der Waals surface area contributed by atoms with E-state index in [4.69, 9.17) is 16.7 Å². The summed E-state index contributed by atoms with van der Waals surface area (Å²) in [5.41, 5.74) is -0.952. The van der Waals surface area contributed by atoms with Gasteiger partial charge in [0, 0.05) is 18.7 Å². The second-order valence-corrected chi connectivity index (χ2v) is 8.42. The van der Waals surface area contributed by atoms with E-state index in [-0.39, 0.29) is 15.2 Å². The van der Waals surface area contributed by atoms with Gasteiger partial charge < -0.3 is 10.0 Å². The van der Waals surface area contributed by atoms with Crippen LogP contribution in [0.3, 0.4) is 0 Å². The number of rotatable bonds is 4. The highest BCUT2D eigenvalue weighted by Crippen LogP contribution is 2.45. The molecule has 9 heteroatoms. The maximum atomic E-state index is 11.7. The van der Waals surface area contributed by atoms with Gasteiger partial charge in [-0.25, -0.2) is 13.6 Å². The van der Waals surface area contributed by atoms with Crippen molar-refractivity contribution in [3.8, 4) is 0 Å². The second-order valence-electron chi connectivity index (χ2n) is 5.18. The fourth-order valence-corrected chi connectivity index (χ4v) is 5.06. The van der Waals surface area contributed by atoms with Crippen LogP contribution in [0.1, 0.15) is 26.3 Å². The summed E-state index contributed by atoms with van der Waals surface area (Å²) in [6, 6.07) is 4.40. The van der Waals surface area contributed by atoms with Crippen molar-refractivity contribution in [2.24, 2.45) is 10.1 Å². The Morgan fingerprint density at radius 2 is 2.13 bits per heavy atom. The van der Waals surface area contributed by atoms with E-state index < -0.39 is 15.7 Å². The summed E-state index contributed by atoms with van der Waals surface area (Å²) in [6.07, 6.45) is 0. The lowest BCUT2D eigenvalue weighted by molar-refractivity contribution is -0.0651. The monoisotopic (exact) mass is 377 g/mol. The molecule has 0 aromatic heterocycles. The number of aliphatic imine (C=N–C) groups is 1. The van der Waals surface area contributed by atoms with Gasteiger partial charge in [-0.2, -0.15) is 0 Å². The zero-order valence-corrected chi connectivity index (χ0v) is 15.5. The highest BCUT2D eigenvalue weighted by molar-refractivity contribution is 8.14. The topological polar surface area (TPSA) is 96.0 Å². The Morgan fingerprint density at radius 3 is 2.65 bits per heavy atom. The molecule has 128 valence electrons. The molecule has 0 saturated carbocycles. The first-order valence-electron chi connectivity index (χ1n) is 7.20. The molecule has 3 N–H and O–H groups in total. The Balaban J connectivity index is 2.62. The Morgan fingerprint density at radius 1 is 1.48 bits per heavy atom. The largest absolute Gasteiger partial charge is 0.366 e. The molecule has 0 radical (unpaired) electrons. The molecule has 0 aliphatic carbocycles. The van der Waals surface area contributed by atoms with Crippen LogP contribution in [0.25, 0.3) is 0 Å². The van der Waals surface area contributed by atoms with E-state index in [2.05, 4.69) is 4.99 Å². The van der Waals surface area contributed by atoms with Crippen molar-refractivity contribution in [3.05, 3.63) is 28.8 Å². The molecule has 1 aliphatic rings. The number of amidine groups is 1. The van der Waals surface area contributed by atoms with Gasteiger partial charge in [0.05, 0.1) is 10.3 Å². The summed E-state index contributed by atoms with van der Waals surface area (Å²) in [4.78, 5) is 5.98. The predicted octanol–water partition coefficient (Wildman–Crippen LogP) is 1.97. The quantitative estimate of drug-likeness (QED) is 0.836. The highest BCUT2D eigenvalue weighted by atomic mass is 35.5. The van der Waals surface area contributed by atoms with Crippen LogP contribution in [0.4, 0.5) is 0 Å². The third-order valence-corrected chi connectivity index (χ3v) is 6.40. The van der Waals surface area contributed by atoms with Gasteiger partial charge in [-0.1, -0.05) is 29.4 Å². The van der Waals surface area contributed by atoms with E-state index in [0.29, 0.717) is 18.7 Å². The minimum atomic E-state index is -3.98. The predicted molar refractivity (Wildman–Crippen MR) is 94.1 cm³/mol. The number of nitrogens with two attached hydrogens (primary N) is 1. The van der Waals surface area contributed by atoms with Crippen molar-refractivity contribution in [1.82, 2.24) is 4.90 Å². The molecule has 2 unspecified atom stereocenters. The number of halogens is 1. The number of thioether (sulfide) groups is 1. The smallest absolute Gasteiger partial charge is 0.239 e. The third kappa shape index (κ3) is 3.23. The molecular formula is C14H20ClN3O3S2. The molecule has 1 heterocycles. The number of nitrogens with zero attached hydrogens (tertiary/aromatic N) is 2. The minimum absolute atomic E-state index is 0.0312. The zero-order chi connectivity index (χ0) is 17.4. The molecule has 1 aliphatic heterocycles. The maximum Gasteiger partial charge on any atom is 0.239 e. The van der Waals surface area contributed by atoms with Crippen molar-refractivity contribution in [2.45, 2.75) is 36.6 Å². The van der Waals surface area contributed by atoms with E-state index >= 15 is 0 Å². The lowest BCUT2D eigenvalue weighted by Crippen LogP contribution is -2.47. The van der Waals surface area contributed by atoms with Gasteiger partial charge >= 0.3 is 0 Å². The summed E-state index contributed by atoms with van der Waals surface area (Å²) in [5.74, 6) is 0. The first kappa shape index (κ1) is 18.5. The number of benzene rings is 1. The molecule has 6 nitrogen and oxygen atoms in total. The van der Waals surface area contributed by atoms with Gasteiger partial charge in [0.2, 0.25) is 10.0 Å². The van der Waals surface area contributed by atoms with Crippen LogP contribution in [0.2, 0.25) is 5.02 Å². The Hall–Kier alpha value is -0.800. The number of sulfonamides is 1. The molecule has 1 fully saturated rings. The van der Waals surface area contributed by atoms with Crippen LogP contribution in [0.15, 0.2) is 28.1 Å². The van der Waals surface area contributed by atoms with Crippen LogP contribution in [-0.2, 0) is 15.7 Å². The SMILES string of the molecule is CCN=C1SC(C)C(O)(c2ccc(Cl)c(S(N)(=O)=O)c2)N1CC. The molecular weight excluding hydrogens is 358 g/mol. The van der Waals surface area contributed by atoms with E-state index in [1.165, 1.54) is 23.9 Å². The first-order chi connectivity index (χ1) is 10.7. The Labute approximate surface area is 145 Å². The van der Waals surface area contributed by atoms with Crippen LogP contribution >= 0.6 is 23.4 Å². The molecule has 2 atom stereocenters. The third-order valence-electron chi connectivity index (χ3n) is 3.76. The standard InChI is InChI=1S/C14H20ClN3O3S2/c1-4-17-13-18(5-2)14(19,9(3)22-13)10-6-7-11(15)12(8-10)23(16,20)21/h6-9,19H,4-5H2,1-3H3,(H2,16,20,21). The van der Waals surface area contributed by atoms with Crippen LogP contribution in [-0.4, -0.2) is 41.9 Å². The maximum absolute atomic E-state index is 11.7. The fraction of sp³-hybridized carbons (Fsp3) is 0.500. The Bertz CT molecular complexity index is 739. The van der Waals surface area contributed by atoms with Crippen molar-refractivity contribution in [2.75, 3.05) is 13.1 Å². The number of aliphatic hydroxyl groups is 1. The van der Waals surface area contributed by atoms with Crippen LogP contribution < -0.4 is 5.14 Å².